The van der Waals surface area contributed by atoms with Crippen LogP contribution < -0.4 is 18.9 Å². The smallest absolute Gasteiger partial charge is 0.283 e. The molecule has 222 valence electrons. The molecule has 1 unspecified atom stereocenters. The molecule has 43 heavy (non-hydrogen) atoms. The average molecular weight is 599 g/mol. The van der Waals surface area contributed by atoms with Crippen LogP contribution in [0.5, 0.6) is 23.0 Å². The summed E-state index contributed by atoms with van der Waals surface area (Å²) in [5.74, 6) is 1.99. The van der Waals surface area contributed by atoms with E-state index >= 15 is 0 Å². The van der Waals surface area contributed by atoms with E-state index in [1.807, 2.05) is 42.5 Å². The molecule has 1 amide bonds. The Morgan fingerprint density at radius 1 is 0.977 bits per heavy atom. The van der Waals surface area contributed by atoms with Crippen molar-refractivity contribution in [3.05, 3.63) is 89.0 Å². The van der Waals surface area contributed by atoms with Crippen molar-refractivity contribution in [2.24, 2.45) is 10.1 Å². The van der Waals surface area contributed by atoms with Crippen LogP contribution in [0.15, 0.2) is 82.4 Å². The van der Waals surface area contributed by atoms with E-state index in [1.54, 1.807) is 18.2 Å². The number of hydrogen-bond acceptors (Lipinski definition) is 8. The molecule has 9 nitrogen and oxygen atoms in total. The van der Waals surface area contributed by atoms with E-state index in [0.717, 1.165) is 22.8 Å². The molecule has 0 aliphatic carbocycles. The Bertz CT molecular complexity index is 1560. The van der Waals surface area contributed by atoms with E-state index in [0.29, 0.717) is 46.9 Å². The second kappa shape index (κ2) is 13.6. The van der Waals surface area contributed by atoms with Crippen LogP contribution in [0, 0.1) is 5.41 Å². The Kier molecular flexibility index (Phi) is 9.46. The monoisotopic (exact) mass is 598 g/mol. The molecule has 0 bridgehead atoms. The van der Waals surface area contributed by atoms with E-state index < -0.39 is 5.91 Å². The minimum Gasteiger partial charge on any atom is -0.493 e. The van der Waals surface area contributed by atoms with E-state index in [2.05, 4.69) is 36.1 Å². The van der Waals surface area contributed by atoms with Crippen LogP contribution in [0.25, 0.3) is 6.08 Å². The summed E-state index contributed by atoms with van der Waals surface area (Å²) < 4.78 is 23.1. The van der Waals surface area contributed by atoms with Gasteiger partial charge in [-0.15, -0.1) is 0 Å². The fraction of sp³-hybridized carbons (Fsp3) is 0.273. The van der Waals surface area contributed by atoms with Gasteiger partial charge in [-0.3, -0.25) is 10.2 Å². The summed E-state index contributed by atoms with van der Waals surface area (Å²) in [6.45, 7) is 4.97. The number of carbonyl (C=O) groups is 1. The van der Waals surface area contributed by atoms with Crippen LogP contribution in [0.2, 0.25) is 0 Å². The molecular formula is C33H34N4O5S. The Hall–Kier alpha value is -4.57. The predicted octanol–water partition coefficient (Wildman–Crippen LogP) is 6.54. The van der Waals surface area contributed by atoms with Crippen molar-refractivity contribution in [1.82, 2.24) is 5.01 Å². The molecule has 0 saturated heterocycles. The standard InChI is InChI=1S/C33H34N4O5S/c1-5-21(2)24-11-13-25(14-12-24)41-15-16-42-30-27(39-3)18-23(19-28(30)40-4)17-26-31(34)37-33(35-32(26)38)43-29(36-37)20-22-9-7-6-8-10-22/h6-14,17-19,21,34H,5,15-16,20H2,1-4H3. The second-order valence-corrected chi connectivity index (χ2v) is 11.0. The van der Waals surface area contributed by atoms with Gasteiger partial charge in [0.25, 0.3) is 5.91 Å². The highest BCUT2D eigenvalue weighted by Gasteiger charge is 2.35. The number of methoxy groups -OCH3 is 2. The number of carbonyl (C=O) groups excluding carboxylic acids is 1. The number of amides is 1. The third kappa shape index (κ3) is 6.91. The Balaban J connectivity index is 1.28. The maximum Gasteiger partial charge on any atom is 0.283 e. The van der Waals surface area contributed by atoms with Crippen molar-refractivity contribution >= 4 is 39.8 Å². The lowest BCUT2D eigenvalue weighted by atomic mass is 9.99. The number of hydrazone groups is 1. The lowest BCUT2D eigenvalue weighted by molar-refractivity contribution is -0.114. The number of fused-ring (bicyclic) bond motifs is 1. The van der Waals surface area contributed by atoms with Crippen molar-refractivity contribution < 1.29 is 23.7 Å². The molecule has 3 aromatic rings. The molecule has 0 fully saturated rings. The lowest BCUT2D eigenvalue weighted by Crippen LogP contribution is -2.35. The molecule has 3 aromatic carbocycles. The average Bonchev–Trinajstić information content (AvgIpc) is 3.43. The van der Waals surface area contributed by atoms with Gasteiger partial charge in [-0.2, -0.15) is 15.1 Å². The Labute approximate surface area is 255 Å². The van der Waals surface area contributed by atoms with Crippen LogP contribution in [0.3, 0.4) is 0 Å². The van der Waals surface area contributed by atoms with Crippen LogP contribution in [0.4, 0.5) is 0 Å². The van der Waals surface area contributed by atoms with Crippen molar-refractivity contribution in [2.45, 2.75) is 32.6 Å². The number of rotatable bonds is 12. The normalized spacial score (nSPS) is 16.0. The number of thioether (sulfide) groups is 1. The van der Waals surface area contributed by atoms with Crippen LogP contribution >= 0.6 is 11.8 Å². The summed E-state index contributed by atoms with van der Waals surface area (Å²) in [6.07, 6.45) is 3.26. The van der Waals surface area contributed by atoms with Gasteiger partial charge < -0.3 is 18.9 Å². The molecule has 0 aromatic heterocycles. The Morgan fingerprint density at radius 2 is 1.65 bits per heavy atom. The van der Waals surface area contributed by atoms with E-state index in [1.165, 1.54) is 36.6 Å². The molecule has 2 aliphatic rings. The quantitative estimate of drug-likeness (QED) is 0.186. The summed E-state index contributed by atoms with van der Waals surface area (Å²) in [5, 5.41) is 15.8. The maximum atomic E-state index is 13.0. The summed E-state index contributed by atoms with van der Waals surface area (Å²) >= 11 is 1.30. The molecular weight excluding hydrogens is 564 g/mol. The van der Waals surface area contributed by atoms with Crippen molar-refractivity contribution in [2.75, 3.05) is 27.4 Å². The first kappa shape index (κ1) is 29.9. The number of hydrogen-bond donors (Lipinski definition) is 1. The number of ether oxygens (including phenoxy) is 4. The van der Waals surface area contributed by atoms with Gasteiger partial charge in [-0.1, -0.05) is 56.3 Å². The SMILES string of the molecule is CCC(C)c1ccc(OCCOc2c(OC)cc(C=C3C(=N)N4N=C(Cc5ccccc5)SC4=NC3=O)cc2OC)cc1. The Morgan fingerprint density at radius 3 is 2.30 bits per heavy atom. The third-order valence-corrected chi connectivity index (χ3v) is 8.06. The van der Waals surface area contributed by atoms with Gasteiger partial charge in [0.1, 0.15) is 24.0 Å². The summed E-state index contributed by atoms with van der Waals surface area (Å²) in [6, 6.07) is 21.5. The topological polar surface area (TPSA) is 106 Å². The first-order chi connectivity index (χ1) is 20.9. The van der Waals surface area contributed by atoms with E-state index in [9.17, 15) is 4.79 Å². The summed E-state index contributed by atoms with van der Waals surface area (Å²) in [5.41, 5.74) is 3.07. The lowest BCUT2D eigenvalue weighted by Gasteiger charge is -2.20. The molecule has 1 atom stereocenters. The largest absolute Gasteiger partial charge is 0.493 e. The summed E-state index contributed by atoms with van der Waals surface area (Å²) in [7, 11) is 3.06. The molecule has 0 radical (unpaired) electrons. The van der Waals surface area contributed by atoms with Gasteiger partial charge in [-0.05, 0) is 71.1 Å². The van der Waals surface area contributed by atoms with Crippen molar-refractivity contribution in [3.63, 3.8) is 0 Å². The highest BCUT2D eigenvalue weighted by Crippen LogP contribution is 2.40. The fourth-order valence-electron chi connectivity index (χ4n) is 4.60. The predicted molar refractivity (Wildman–Crippen MR) is 171 cm³/mol. The molecule has 1 N–H and O–H groups in total. The number of benzene rings is 3. The molecule has 0 saturated carbocycles. The minimum atomic E-state index is -0.507. The zero-order chi connectivity index (χ0) is 30.3. The highest BCUT2D eigenvalue weighted by atomic mass is 32.2. The number of nitrogens with zero attached hydrogens (tertiary/aromatic N) is 3. The van der Waals surface area contributed by atoms with Gasteiger partial charge in [0.2, 0.25) is 10.9 Å². The third-order valence-electron chi connectivity index (χ3n) is 7.15. The second-order valence-electron chi connectivity index (χ2n) is 10.0. The molecule has 5 rings (SSSR count). The molecule has 2 aliphatic heterocycles. The maximum absolute atomic E-state index is 13.0. The molecule has 2 heterocycles. The first-order valence-electron chi connectivity index (χ1n) is 14.0. The number of nitrogens with one attached hydrogen (secondary N) is 1. The van der Waals surface area contributed by atoms with Gasteiger partial charge in [0.05, 0.1) is 19.8 Å². The molecule has 10 heteroatoms. The molecule has 0 spiro atoms. The van der Waals surface area contributed by atoms with Gasteiger partial charge in [0, 0.05) is 6.42 Å². The van der Waals surface area contributed by atoms with E-state index in [4.69, 9.17) is 24.4 Å². The van der Waals surface area contributed by atoms with E-state index in [-0.39, 0.29) is 18.0 Å². The van der Waals surface area contributed by atoms with Crippen molar-refractivity contribution in [1.29, 1.82) is 5.41 Å². The van der Waals surface area contributed by atoms with Gasteiger partial charge >= 0.3 is 0 Å². The van der Waals surface area contributed by atoms with Gasteiger partial charge in [0.15, 0.2) is 17.3 Å². The highest BCUT2D eigenvalue weighted by molar-refractivity contribution is 8.26. The number of aliphatic imine (C=N–C) groups is 1. The first-order valence-corrected chi connectivity index (χ1v) is 14.9. The zero-order valence-electron chi connectivity index (χ0n) is 24.6. The summed E-state index contributed by atoms with van der Waals surface area (Å²) in [4.78, 5) is 17.2. The number of amidine groups is 2. The van der Waals surface area contributed by atoms with Crippen LogP contribution in [-0.4, -0.2) is 54.4 Å². The minimum absolute atomic E-state index is 0.0434. The van der Waals surface area contributed by atoms with Crippen LogP contribution in [0.1, 0.15) is 42.9 Å². The fourth-order valence-corrected chi connectivity index (χ4v) is 5.52. The van der Waals surface area contributed by atoms with Crippen LogP contribution in [-0.2, 0) is 11.2 Å². The van der Waals surface area contributed by atoms with Crippen molar-refractivity contribution in [3.8, 4) is 23.0 Å². The van der Waals surface area contributed by atoms with Gasteiger partial charge in [-0.25, -0.2) is 0 Å². The zero-order valence-corrected chi connectivity index (χ0v) is 25.4.